The number of halogens is 4. The summed E-state index contributed by atoms with van der Waals surface area (Å²) in [5.74, 6) is -4.06. The van der Waals surface area contributed by atoms with Crippen molar-refractivity contribution < 1.29 is 17.6 Å². The van der Waals surface area contributed by atoms with Gasteiger partial charge in [0.25, 0.3) is 0 Å². The van der Waals surface area contributed by atoms with Gasteiger partial charge in [-0.25, -0.2) is 8.78 Å². The quantitative estimate of drug-likeness (QED) is 0.767. The van der Waals surface area contributed by atoms with E-state index < -0.39 is 18.4 Å². The molecule has 0 aliphatic carbocycles. The highest BCUT2D eigenvalue weighted by Crippen LogP contribution is 2.39. The maximum atomic E-state index is 13.6. The molecule has 0 aliphatic rings. The average Bonchev–Trinajstić information content (AvgIpc) is 2.58. The third kappa shape index (κ3) is 3.23. The van der Waals surface area contributed by atoms with Crippen LogP contribution >= 0.6 is 11.3 Å². The van der Waals surface area contributed by atoms with Crippen LogP contribution < -0.4 is 5.32 Å². The second kappa shape index (κ2) is 6.02. The van der Waals surface area contributed by atoms with Gasteiger partial charge < -0.3 is 5.32 Å². The average molecular weight is 283 g/mol. The summed E-state index contributed by atoms with van der Waals surface area (Å²) in [6, 6.07) is -0.0636. The molecule has 0 spiro atoms. The van der Waals surface area contributed by atoms with Crippen molar-refractivity contribution in [3.8, 4) is 0 Å². The zero-order chi connectivity index (χ0) is 13.9. The molecule has 0 saturated heterocycles. The largest absolute Gasteiger partial charge is 0.326 e. The van der Waals surface area contributed by atoms with Gasteiger partial charge in [-0.1, -0.05) is 6.92 Å². The van der Waals surface area contributed by atoms with Gasteiger partial charge in [-0.3, -0.25) is 0 Å². The van der Waals surface area contributed by atoms with Crippen molar-refractivity contribution in [2.75, 3.05) is 6.54 Å². The van der Waals surface area contributed by atoms with Gasteiger partial charge in [0.2, 0.25) is 0 Å². The Bertz CT molecular complexity index is 389. The van der Waals surface area contributed by atoms with Gasteiger partial charge in [0.15, 0.2) is 0 Å². The molecule has 0 radical (unpaired) electrons. The van der Waals surface area contributed by atoms with Gasteiger partial charge in [0, 0.05) is 9.75 Å². The number of nitrogens with one attached hydrogen (secondary N) is 1. The van der Waals surface area contributed by atoms with E-state index in [0.717, 1.165) is 4.88 Å². The van der Waals surface area contributed by atoms with Gasteiger partial charge in [-0.2, -0.15) is 8.78 Å². The zero-order valence-corrected chi connectivity index (χ0v) is 11.4. The molecule has 0 amide bonds. The normalized spacial score (nSPS) is 14.2. The van der Waals surface area contributed by atoms with Crippen LogP contribution in [0.3, 0.4) is 0 Å². The van der Waals surface area contributed by atoms with Crippen LogP contribution in [0.15, 0.2) is 6.07 Å². The topological polar surface area (TPSA) is 12.0 Å². The van der Waals surface area contributed by atoms with Crippen LogP contribution in [-0.2, 0) is 0 Å². The fourth-order valence-corrected chi connectivity index (χ4v) is 2.77. The molecule has 0 saturated carbocycles. The highest BCUT2D eigenvalue weighted by molar-refractivity contribution is 7.12. The Labute approximate surface area is 108 Å². The molecule has 1 aromatic heterocycles. The van der Waals surface area contributed by atoms with E-state index in [1.54, 1.807) is 26.8 Å². The van der Waals surface area contributed by atoms with Gasteiger partial charge >= 0.3 is 12.3 Å². The van der Waals surface area contributed by atoms with E-state index in [4.69, 9.17) is 0 Å². The molecule has 1 atom stereocenters. The summed E-state index contributed by atoms with van der Waals surface area (Å²) in [5, 5.41) is 2.54. The lowest BCUT2D eigenvalue weighted by Gasteiger charge is -2.27. The fourth-order valence-electron chi connectivity index (χ4n) is 1.81. The molecule has 6 heteroatoms. The van der Waals surface area contributed by atoms with Crippen LogP contribution in [0.4, 0.5) is 17.6 Å². The number of hydrogen-bond donors (Lipinski definition) is 1. The van der Waals surface area contributed by atoms with Gasteiger partial charge in [0.1, 0.15) is 6.04 Å². The Kier molecular flexibility index (Phi) is 5.16. The summed E-state index contributed by atoms with van der Waals surface area (Å²) < 4.78 is 52.3. The minimum absolute atomic E-state index is 0.274. The van der Waals surface area contributed by atoms with Crippen LogP contribution in [-0.4, -0.2) is 18.9 Å². The minimum atomic E-state index is -4.06. The summed E-state index contributed by atoms with van der Waals surface area (Å²) >= 11 is 1.34. The molecule has 104 valence electrons. The van der Waals surface area contributed by atoms with Crippen molar-refractivity contribution in [3.63, 3.8) is 0 Å². The molecule has 0 fully saturated rings. The molecule has 1 aromatic rings. The molecule has 1 nitrogen and oxygen atoms in total. The Morgan fingerprint density at radius 3 is 2.33 bits per heavy atom. The van der Waals surface area contributed by atoms with Crippen molar-refractivity contribution >= 4 is 11.3 Å². The Balaban J connectivity index is 3.09. The van der Waals surface area contributed by atoms with Crippen LogP contribution in [0.1, 0.15) is 34.7 Å². The number of hydrogen-bond acceptors (Lipinski definition) is 2. The second-order valence-electron chi connectivity index (χ2n) is 4.23. The first-order chi connectivity index (χ1) is 8.30. The van der Waals surface area contributed by atoms with Crippen molar-refractivity contribution in [2.45, 2.75) is 45.6 Å². The van der Waals surface area contributed by atoms with Crippen molar-refractivity contribution in [2.24, 2.45) is 0 Å². The van der Waals surface area contributed by atoms with E-state index in [1.165, 1.54) is 11.3 Å². The lowest BCUT2D eigenvalue weighted by molar-refractivity contribution is -0.151. The second-order valence-corrected chi connectivity index (χ2v) is 5.69. The van der Waals surface area contributed by atoms with Gasteiger partial charge in [-0.15, -0.1) is 11.3 Å². The first-order valence-corrected chi connectivity index (χ1v) is 6.58. The van der Waals surface area contributed by atoms with Crippen LogP contribution in [0.2, 0.25) is 0 Å². The molecule has 1 unspecified atom stereocenters. The molecule has 18 heavy (non-hydrogen) atoms. The minimum Gasteiger partial charge on any atom is -0.305 e. The molecule has 1 N–H and O–H groups in total. The van der Waals surface area contributed by atoms with Crippen molar-refractivity contribution in [3.05, 3.63) is 21.4 Å². The number of alkyl halides is 4. The molecular formula is C12H17F4NS. The van der Waals surface area contributed by atoms with E-state index in [2.05, 4.69) is 5.32 Å². The standard InChI is InChI=1S/C12H17F4NS/c1-4-5-17-10(12(15,16)11(13)14)9-6-7(2)18-8(9)3/h6,10-11,17H,4-5H2,1-3H3. The molecule has 0 aliphatic heterocycles. The molecule has 0 aromatic carbocycles. The van der Waals surface area contributed by atoms with E-state index in [0.29, 0.717) is 11.3 Å². The monoisotopic (exact) mass is 283 g/mol. The Hall–Kier alpha value is -0.620. The Morgan fingerprint density at radius 1 is 1.33 bits per heavy atom. The highest BCUT2D eigenvalue weighted by Gasteiger charge is 2.49. The molecule has 1 rings (SSSR count). The maximum Gasteiger partial charge on any atom is 0.326 e. The highest BCUT2D eigenvalue weighted by atomic mass is 32.1. The van der Waals surface area contributed by atoms with E-state index in [9.17, 15) is 17.6 Å². The molecular weight excluding hydrogens is 266 g/mol. The van der Waals surface area contributed by atoms with Crippen LogP contribution in [0, 0.1) is 13.8 Å². The Morgan fingerprint density at radius 2 is 1.94 bits per heavy atom. The van der Waals surface area contributed by atoms with Gasteiger partial charge in [-0.05, 0) is 38.4 Å². The lowest BCUT2D eigenvalue weighted by atomic mass is 10.0. The van der Waals surface area contributed by atoms with Crippen LogP contribution in [0.25, 0.3) is 0 Å². The first kappa shape index (κ1) is 15.4. The third-order valence-electron chi connectivity index (χ3n) is 2.66. The molecule has 1 heterocycles. The lowest BCUT2D eigenvalue weighted by Crippen LogP contribution is -2.43. The fraction of sp³-hybridized carbons (Fsp3) is 0.667. The smallest absolute Gasteiger partial charge is 0.305 e. The van der Waals surface area contributed by atoms with E-state index in [-0.39, 0.29) is 12.1 Å². The summed E-state index contributed by atoms with van der Waals surface area (Å²) in [6.45, 7) is 5.53. The van der Waals surface area contributed by atoms with E-state index >= 15 is 0 Å². The van der Waals surface area contributed by atoms with E-state index in [1.807, 2.05) is 0 Å². The van der Waals surface area contributed by atoms with Crippen molar-refractivity contribution in [1.29, 1.82) is 0 Å². The predicted octanol–water partition coefficient (Wildman–Crippen LogP) is 4.31. The third-order valence-corrected chi connectivity index (χ3v) is 3.65. The van der Waals surface area contributed by atoms with Crippen molar-refractivity contribution in [1.82, 2.24) is 5.32 Å². The van der Waals surface area contributed by atoms with Crippen LogP contribution in [0.5, 0.6) is 0 Å². The predicted molar refractivity (Wildman–Crippen MR) is 65.8 cm³/mol. The van der Waals surface area contributed by atoms with Gasteiger partial charge in [0.05, 0.1) is 0 Å². The summed E-state index contributed by atoms with van der Waals surface area (Å²) in [6.07, 6.45) is -3.07. The number of rotatable bonds is 6. The molecule has 0 bridgehead atoms. The summed E-state index contributed by atoms with van der Waals surface area (Å²) in [5.41, 5.74) is 0.274. The zero-order valence-electron chi connectivity index (χ0n) is 10.6. The number of aryl methyl sites for hydroxylation is 2. The first-order valence-electron chi connectivity index (χ1n) is 5.77. The summed E-state index contributed by atoms with van der Waals surface area (Å²) in [4.78, 5) is 1.50. The summed E-state index contributed by atoms with van der Waals surface area (Å²) in [7, 11) is 0. The maximum absolute atomic E-state index is 13.6. The SMILES string of the molecule is CCCNC(c1cc(C)sc1C)C(F)(F)C(F)F. The number of thiophene rings is 1.